The van der Waals surface area contributed by atoms with Crippen molar-refractivity contribution in [2.75, 3.05) is 6.61 Å². The van der Waals surface area contributed by atoms with Crippen LogP contribution in [0.1, 0.15) is 0 Å². The van der Waals surface area contributed by atoms with Crippen LogP contribution in [0.5, 0.6) is 0 Å². The zero-order valence-electron chi connectivity index (χ0n) is 7.02. The van der Waals surface area contributed by atoms with Crippen molar-refractivity contribution in [3.8, 4) is 0 Å². The van der Waals surface area contributed by atoms with Crippen LogP contribution in [0.2, 0.25) is 0 Å². The molecule has 0 aromatic heterocycles. The van der Waals surface area contributed by atoms with Gasteiger partial charge in [-0.2, -0.15) is 8.78 Å². The fourth-order valence-electron chi connectivity index (χ4n) is 1.20. The molecule has 0 aromatic carbocycles. The van der Waals surface area contributed by atoms with Crippen LogP contribution < -0.4 is 0 Å². The van der Waals surface area contributed by atoms with Crippen molar-refractivity contribution in [3.63, 3.8) is 0 Å². The molecule has 2 heterocycles. The van der Waals surface area contributed by atoms with Crippen LogP contribution in [-0.4, -0.2) is 24.1 Å². The van der Waals surface area contributed by atoms with E-state index < -0.39 is 28.4 Å². The highest BCUT2D eigenvalue weighted by atomic mass is 32.2. The number of hydrogen-bond acceptors (Lipinski definition) is 3. The molecule has 14 heavy (non-hydrogen) atoms. The Morgan fingerprint density at radius 1 is 1.43 bits per heavy atom. The van der Waals surface area contributed by atoms with Crippen LogP contribution in [-0.2, 0) is 9.47 Å². The molecule has 2 aliphatic rings. The Morgan fingerprint density at radius 2 is 2.07 bits per heavy atom. The average molecular weight is 222 g/mol. The minimum Gasteiger partial charge on any atom is -0.430 e. The SMILES string of the molecule is O=C1OCC(C(F)(F)[SH]2C=CC=C2)O1. The van der Waals surface area contributed by atoms with Gasteiger partial charge < -0.3 is 9.47 Å². The van der Waals surface area contributed by atoms with Crippen LogP contribution in [0.3, 0.4) is 0 Å². The predicted octanol–water partition coefficient (Wildman–Crippen LogP) is 2.16. The van der Waals surface area contributed by atoms with Crippen molar-refractivity contribution in [1.82, 2.24) is 0 Å². The van der Waals surface area contributed by atoms with E-state index in [4.69, 9.17) is 0 Å². The molecule has 0 bridgehead atoms. The van der Waals surface area contributed by atoms with Gasteiger partial charge in [-0.25, -0.2) is 4.79 Å². The Bertz CT molecular complexity index is 302. The van der Waals surface area contributed by atoms with Crippen LogP contribution in [0, 0.1) is 0 Å². The van der Waals surface area contributed by atoms with Crippen LogP contribution in [0.15, 0.2) is 23.0 Å². The number of alkyl halides is 2. The quantitative estimate of drug-likeness (QED) is 0.574. The lowest BCUT2D eigenvalue weighted by molar-refractivity contribution is -0.0191. The van der Waals surface area contributed by atoms with Gasteiger partial charge in [0, 0.05) is 0 Å². The van der Waals surface area contributed by atoms with Crippen molar-refractivity contribution < 1.29 is 23.0 Å². The first-order chi connectivity index (χ1) is 6.60. The van der Waals surface area contributed by atoms with E-state index in [2.05, 4.69) is 9.47 Å². The summed E-state index contributed by atoms with van der Waals surface area (Å²) in [4.78, 5) is 10.5. The first kappa shape index (κ1) is 9.51. The van der Waals surface area contributed by atoms with Crippen molar-refractivity contribution in [1.29, 1.82) is 0 Å². The molecule has 6 heteroatoms. The summed E-state index contributed by atoms with van der Waals surface area (Å²) in [6.07, 6.45) is 0.666. The molecular formula is C8H8F2O3S. The summed E-state index contributed by atoms with van der Waals surface area (Å²) in [6, 6.07) is 0. The van der Waals surface area contributed by atoms with Gasteiger partial charge in [0.25, 0.3) is 0 Å². The van der Waals surface area contributed by atoms with Gasteiger partial charge in [0.1, 0.15) is 6.61 Å². The first-order valence-corrected chi connectivity index (χ1v) is 5.43. The van der Waals surface area contributed by atoms with E-state index in [1.54, 1.807) is 12.2 Å². The lowest BCUT2D eigenvalue weighted by atomic mass is 10.4. The van der Waals surface area contributed by atoms with E-state index in [9.17, 15) is 13.6 Å². The number of carbonyl (C=O) groups excluding carboxylic acids is 1. The molecule has 2 rings (SSSR count). The topological polar surface area (TPSA) is 35.5 Å². The third kappa shape index (κ3) is 1.50. The lowest BCUT2D eigenvalue weighted by Crippen LogP contribution is -2.34. The molecule has 1 saturated heterocycles. The zero-order valence-corrected chi connectivity index (χ0v) is 7.92. The highest BCUT2D eigenvalue weighted by molar-refractivity contribution is 8.23. The van der Waals surface area contributed by atoms with Gasteiger partial charge in [0.2, 0.25) is 6.10 Å². The highest BCUT2D eigenvalue weighted by Gasteiger charge is 2.50. The smallest absolute Gasteiger partial charge is 0.430 e. The molecule has 0 aromatic rings. The Hall–Kier alpha value is -1.04. The molecule has 0 radical (unpaired) electrons. The van der Waals surface area contributed by atoms with Crippen molar-refractivity contribution in [2.24, 2.45) is 0 Å². The maximum Gasteiger partial charge on any atom is 0.509 e. The van der Waals surface area contributed by atoms with Crippen molar-refractivity contribution in [3.05, 3.63) is 23.0 Å². The molecule has 1 atom stereocenters. The van der Waals surface area contributed by atoms with Crippen LogP contribution in [0.4, 0.5) is 13.6 Å². The Morgan fingerprint density at radius 3 is 2.57 bits per heavy atom. The normalized spacial score (nSPS) is 28.0. The summed E-state index contributed by atoms with van der Waals surface area (Å²) in [5, 5.41) is -0.173. The fraction of sp³-hybridized carbons (Fsp3) is 0.375. The molecule has 1 unspecified atom stereocenters. The molecule has 0 spiro atoms. The third-order valence-corrected chi connectivity index (χ3v) is 3.89. The molecular weight excluding hydrogens is 214 g/mol. The maximum absolute atomic E-state index is 13.6. The summed E-state index contributed by atoms with van der Waals surface area (Å²) in [6.45, 7) is -0.369. The number of carbonyl (C=O) groups is 1. The number of rotatable bonds is 2. The molecule has 0 amide bonds. The number of cyclic esters (lactones) is 2. The van der Waals surface area contributed by atoms with Gasteiger partial charge in [0.05, 0.1) is 0 Å². The van der Waals surface area contributed by atoms with Crippen molar-refractivity contribution in [2.45, 2.75) is 11.4 Å². The Labute approximate surface area is 81.7 Å². The van der Waals surface area contributed by atoms with Gasteiger partial charge in [0.15, 0.2) is 0 Å². The lowest BCUT2D eigenvalue weighted by Gasteiger charge is -2.26. The zero-order chi connectivity index (χ0) is 10.2. The molecule has 78 valence electrons. The van der Waals surface area contributed by atoms with Gasteiger partial charge in [-0.05, 0) is 10.8 Å². The van der Waals surface area contributed by atoms with E-state index in [1.807, 2.05) is 0 Å². The predicted molar refractivity (Wildman–Crippen MR) is 48.4 cm³/mol. The van der Waals surface area contributed by atoms with Gasteiger partial charge in [-0.15, -0.1) is 10.9 Å². The molecule has 0 N–H and O–H groups in total. The maximum atomic E-state index is 13.6. The van der Waals surface area contributed by atoms with E-state index in [0.717, 1.165) is 0 Å². The molecule has 0 saturated carbocycles. The molecule has 3 nitrogen and oxygen atoms in total. The van der Waals surface area contributed by atoms with Crippen molar-refractivity contribution >= 4 is 17.1 Å². The summed E-state index contributed by atoms with van der Waals surface area (Å²) in [5.41, 5.74) is 0. The second kappa shape index (κ2) is 3.27. The van der Waals surface area contributed by atoms with Gasteiger partial charge in [-0.1, -0.05) is 12.2 Å². The summed E-state index contributed by atoms with van der Waals surface area (Å²) < 4.78 is 35.9. The van der Waals surface area contributed by atoms with E-state index >= 15 is 0 Å². The molecule has 2 aliphatic heterocycles. The molecule has 0 aliphatic carbocycles. The third-order valence-electron chi connectivity index (χ3n) is 1.93. The minimum absolute atomic E-state index is 0.369. The summed E-state index contributed by atoms with van der Waals surface area (Å²) >= 11 is 0. The van der Waals surface area contributed by atoms with Gasteiger partial charge >= 0.3 is 11.4 Å². The number of thiol groups is 1. The van der Waals surface area contributed by atoms with E-state index in [-0.39, 0.29) is 6.61 Å². The number of hydrogen-bond donors (Lipinski definition) is 1. The van der Waals surface area contributed by atoms with Crippen LogP contribution in [0.25, 0.3) is 0 Å². The number of allylic oxidation sites excluding steroid dienone is 2. The Balaban J connectivity index is 2.11. The van der Waals surface area contributed by atoms with Crippen LogP contribution >= 0.6 is 10.9 Å². The fourth-order valence-corrected chi connectivity index (χ4v) is 2.72. The number of halogens is 2. The largest absolute Gasteiger partial charge is 0.509 e. The summed E-state index contributed by atoms with van der Waals surface area (Å²) in [7, 11) is -1.67. The second-order valence-corrected chi connectivity index (χ2v) is 4.85. The van der Waals surface area contributed by atoms with Gasteiger partial charge in [-0.3, -0.25) is 0 Å². The molecule has 1 fully saturated rings. The minimum atomic E-state index is -3.04. The monoisotopic (exact) mass is 222 g/mol. The number of ether oxygens (including phenoxy) is 2. The standard InChI is InChI=1S/C8H8F2O3S/c9-8(10,14-3-1-2-4-14)6-5-12-7(11)13-6/h1-4,6,14H,5H2. The Kier molecular flexibility index (Phi) is 2.22. The van der Waals surface area contributed by atoms with E-state index in [1.165, 1.54) is 10.8 Å². The van der Waals surface area contributed by atoms with E-state index in [0.29, 0.717) is 0 Å². The first-order valence-electron chi connectivity index (χ1n) is 3.95. The highest BCUT2D eigenvalue weighted by Crippen LogP contribution is 2.52. The summed E-state index contributed by atoms with van der Waals surface area (Å²) in [5.74, 6) is 0. The average Bonchev–Trinajstić information content (AvgIpc) is 2.72. The second-order valence-electron chi connectivity index (χ2n) is 2.85.